The van der Waals surface area contributed by atoms with E-state index in [0.717, 1.165) is 42.7 Å². The van der Waals surface area contributed by atoms with Crippen LogP contribution in [0.5, 0.6) is 5.75 Å². The van der Waals surface area contributed by atoms with Crippen LogP contribution in [0.15, 0.2) is 54.6 Å². The Balaban J connectivity index is 1.69. The third-order valence-electron chi connectivity index (χ3n) is 3.15. The van der Waals surface area contributed by atoms with Crippen molar-refractivity contribution >= 4 is 0 Å². The molecule has 0 aromatic heterocycles. The van der Waals surface area contributed by atoms with Crippen molar-refractivity contribution in [3.8, 4) is 5.75 Å². The standard InChI is InChI=1S/C17H17F3O/c18-17(19,20)15-11-9-14(10-12-15)6-4-5-13-21-16-7-2-1-3-8-16/h1-3,7-12H,4-6,13H2. The summed E-state index contributed by atoms with van der Waals surface area (Å²) in [4.78, 5) is 0. The molecule has 2 aromatic rings. The van der Waals surface area contributed by atoms with E-state index in [2.05, 4.69) is 0 Å². The summed E-state index contributed by atoms with van der Waals surface area (Å²) in [6, 6.07) is 14.9. The van der Waals surface area contributed by atoms with Gasteiger partial charge in [-0.1, -0.05) is 30.3 Å². The molecule has 0 bridgehead atoms. The van der Waals surface area contributed by atoms with Crippen molar-refractivity contribution in [1.29, 1.82) is 0 Å². The summed E-state index contributed by atoms with van der Waals surface area (Å²) >= 11 is 0. The minimum atomic E-state index is -4.26. The topological polar surface area (TPSA) is 9.23 Å². The Labute approximate surface area is 122 Å². The number of hydrogen-bond donors (Lipinski definition) is 0. The Morgan fingerprint density at radius 3 is 2.10 bits per heavy atom. The van der Waals surface area contributed by atoms with Gasteiger partial charge in [-0.3, -0.25) is 0 Å². The van der Waals surface area contributed by atoms with Gasteiger partial charge in [0, 0.05) is 0 Å². The molecule has 0 N–H and O–H groups in total. The Morgan fingerprint density at radius 1 is 0.810 bits per heavy atom. The molecule has 4 heteroatoms. The van der Waals surface area contributed by atoms with Crippen molar-refractivity contribution in [2.24, 2.45) is 0 Å². The largest absolute Gasteiger partial charge is 0.494 e. The summed E-state index contributed by atoms with van der Waals surface area (Å²) < 4.78 is 42.8. The molecule has 1 nitrogen and oxygen atoms in total. The van der Waals surface area contributed by atoms with Crippen LogP contribution in [-0.4, -0.2) is 6.61 Å². The van der Waals surface area contributed by atoms with Gasteiger partial charge >= 0.3 is 6.18 Å². The highest BCUT2D eigenvalue weighted by Gasteiger charge is 2.29. The summed E-state index contributed by atoms with van der Waals surface area (Å²) in [5.41, 5.74) is 0.321. The number of ether oxygens (including phenoxy) is 1. The molecule has 0 aliphatic rings. The Morgan fingerprint density at radius 2 is 1.48 bits per heavy atom. The van der Waals surface area contributed by atoms with Gasteiger partial charge in [-0.15, -0.1) is 0 Å². The van der Waals surface area contributed by atoms with Gasteiger partial charge in [-0.05, 0) is 49.1 Å². The molecule has 0 aliphatic heterocycles. The van der Waals surface area contributed by atoms with Crippen LogP contribution in [0.1, 0.15) is 24.0 Å². The lowest BCUT2D eigenvalue weighted by atomic mass is 10.1. The van der Waals surface area contributed by atoms with Crippen LogP contribution in [0.2, 0.25) is 0 Å². The molecule has 112 valence electrons. The second-order valence-electron chi connectivity index (χ2n) is 4.81. The molecule has 0 fully saturated rings. The van der Waals surface area contributed by atoms with Crippen molar-refractivity contribution in [1.82, 2.24) is 0 Å². The molecule has 0 amide bonds. The van der Waals surface area contributed by atoms with Gasteiger partial charge in [0.2, 0.25) is 0 Å². The number of aryl methyl sites for hydroxylation is 1. The quantitative estimate of drug-likeness (QED) is 0.673. The fraction of sp³-hybridized carbons (Fsp3) is 0.294. The first-order chi connectivity index (χ1) is 10.1. The van der Waals surface area contributed by atoms with E-state index in [1.165, 1.54) is 0 Å². The molecule has 0 heterocycles. The number of para-hydroxylation sites is 1. The number of alkyl halides is 3. The van der Waals surface area contributed by atoms with Gasteiger partial charge in [0.25, 0.3) is 0 Å². The van der Waals surface area contributed by atoms with Crippen molar-refractivity contribution in [3.63, 3.8) is 0 Å². The minimum absolute atomic E-state index is 0.598. The minimum Gasteiger partial charge on any atom is -0.494 e. The Kier molecular flexibility index (Phi) is 5.26. The number of unbranched alkanes of at least 4 members (excludes halogenated alkanes) is 1. The smallest absolute Gasteiger partial charge is 0.416 e. The predicted octanol–water partition coefficient (Wildman–Crippen LogP) is 5.11. The third-order valence-corrected chi connectivity index (χ3v) is 3.15. The Bertz CT molecular complexity index is 532. The van der Waals surface area contributed by atoms with Crippen molar-refractivity contribution in [2.75, 3.05) is 6.61 Å². The summed E-state index contributed by atoms with van der Waals surface area (Å²) in [7, 11) is 0. The van der Waals surface area contributed by atoms with E-state index in [9.17, 15) is 13.2 Å². The van der Waals surface area contributed by atoms with Gasteiger partial charge in [0.05, 0.1) is 12.2 Å². The molecular formula is C17H17F3O. The zero-order valence-electron chi connectivity index (χ0n) is 11.6. The van der Waals surface area contributed by atoms with E-state index in [1.807, 2.05) is 30.3 Å². The van der Waals surface area contributed by atoms with Crippen LogP contribution < -0.4 is 4.74 Å². The number of rotatable bonds is 6. The van der Waals surface area contributed by atoms with Crippen molar-refractivity contribution in [3.05, 3.63) is 65.7 Å². The van der Waals surface area contributed by atoms with Crippen LogP contribution in [0.3, 0.4) is 0 Å². The monoisotopic (exact) mass is 294 g/mol. The van der Waals surface area contributed by atoms with E-state index < -0.39 is 11.7 Å². The third kappa shape index (κ3) is 5.14. The maximum Gasteiger partial charge on any atom is 0.416 e. The van der Waals surface area contributed by atoms with E-state index in [0.29, 0.717) is 6.61 Å². The van der Waals surface area contributed by atoms with E-state index in [4.69, 9.17) is 4.74 Å². The molecule has 0 saturated heterocycles. The Hall–Kier alpha value is -1.97. The zero-order chi connectivity index (χ0) is 15.1. The fourth-order valence-corrected chi connectivity index (χ4v) is 2.00. The van der Waals surface area contributed by atoms with Gasteiger partial charge < -0.3 is 4.74 Å². The maximum atomic E-state index is 12.4. The lowest BCUT2D eigenvalue weighted by molar-refractivity contribution is -0.137. The molecule has 0 radical (unpaired) electrons. The summed E-state index contributed by atoms with van der Waals surface area (Å²) in [5.74, 6) is 0.840. The average molecular weight is 294 g/mol. The number of halogens is 3. The lowest BCUT2D eigenvalue weighted by Gasteiger charge is -2.08. The number of benzene rings is 2. The van der Waals surface area contributed by atoms with Crippen LogP contribution in [0.4, 0.5) is 13.2 Å². The van der Waals surface area contributed by atoms with Crippen LogP contribution in [0, 0.1) is 0 Å². The molecule has 2 aromatic carbocycles. The first-order valence-electron chi connectivity index (χ1n) is 6.90. The molecule has 0 aliphatic carbocycles. The maximum absolute atomic E-state index is 12.4. The van der Waals surface area contributed by atoms with Crippen LogP contribution >= 0.6 is 0 Å². The molecular weight excluding hydrogens is 277 g/mol. The molecule has 0 atom stereocenters. The highest BCUT2D eigenvalue weighted by atomic mass is 19.4. The van der Waals surface area contributed by atoms with Crippen LogP contribution in [-0.2, 0) is 12.6 Å². The van der Waals surface area contributed by atoms with Gasteiger partial charge in [0.15, 0.2) is 0 Å². The van der Waals surface area contributed by atoms with Crippen molar-refractivity contribution < 1.29 is 17.9 Å². The fourth-order valence-electron chi connectivity index (χ4n) is 2.00. The molecule has 0 spiro atoms. The second-order valence-corrected chi connectivity index (χ2v) is 4.81. The van der Waals surface area contributed by atoms with Crippen molar-refractivity contribution in [2.45, 2.75) is 25.4 Å². The second kappa shape index (κ2) is 7.16. The molecule has 21 heavy (non-hydrogen) atoms. The predicted molar refractivity (Wildman–Crippen MR) is 76.3 cm³/mol. The highest BCUT2D eigenvalue weighted by molar-refractivity contribution is 5.24. The lowest BCUT2D eigenvalue weighted by Crippen LogP contribution is -2.04. The number of hydrogen-bond acceptors (Lipinski definition) is 1. The zero-order valence-corrected chi connectivity index (χ0v) is 11.6. The summed E-state index contributed by atoms with van der Waals surface area (Å²) in [5, 5.41) is 0. The highest BCUT2D eigenvalue weighted by Crippen LogP contribution is 2.29. The summed E-state index contributed by atoms with van der Waals surface area (Å²) in [6.07, 6.45) is -1.74. The van der Waals surface area contributed by atoms with Crippen LogP contribution in [0.25, 0.3) is 0 Å². The van der Waals surface area contributed by atoms with Gasteiger partial charge in [-0.25, -0.2) is 0 Å². The first kappa shape index (κ1) is 15.4. The van der Waals surface area contributed by atoms with E-state index >= 15 is 0 Å². The molecule has 2 rings (SSSR count). The summed E-state index contributed by atoms with van der Waals surface area (Å²) in [6.45, 7) is 0.616. The van der Waals surface area contributed by atoms with E-state index in [-0.39, 0.29) is 0 Å². The first-order valence-corrected chi connectivity index (χ1v) is 6.90. The average Bonchev–Trinajstić information content (AvgIpc) is 2.47. The SMILES string of the molecule is FC(F)(F)c1ccc(CCCCOc2ccccc2)cc1. The normalized spacial score (nSPS) is 11.4. The van der Waals surface area contributed by atoms with E-state index in [1.54, 1.807) is 12.1 Å². The molecule has 0 saturated carbocycles. The van der Waals surface area contributed by atoms with Gasteiger partial charge in [0.1, 0.15) is 5.75 Å². The molecule has 0 unspecified atom stereocenters. The van der Waals surface area contributed by atoms with Gasteiger partial charge in [-0.2, -0.15) is 13.2 Å².